The third-order valence-corrected chi connectivity index (χ3v) is 5.26. The molecule has 2 aromatic carbocycles. The largest absolute Gasteiger partial charge is 0.493 e. The number of hydrogen-bond acceptors (Lipinski definition) is 8. The lowest BCUT2D eigenvalue weighted by atomic mass is 9.94. The first-order valence-electron chi connectivity index (χ1n) is 11.1. The van der Waals surface area contributed by atoms with Gasteiger partial charge in [-0.1, -0.05) is 23.3 Å². The Morgan fingerprint density at radius 1 is 1.18 bits per heavy atom. The zero-order chi connectivity index (χ0) is 24.2. The lowest BCUT2D eigenvalue weighted by molar-refractivity contribution is -0.113. The Kier molecular flexibility index (Phi) is 6.67. The van der Waals surface area contributed by atoms with Crippen molar-refractivity contribution in [1.29, 1.82) is 0 Å². The highest BCUT2D eigenvalue weighted by molar-refractivity contribution is 6.06. The smallest absolute Gasteiger partial charge is 0.255 e. The topological polar surface area (TPSA) is 112 Å². The fourth-order valence-corrected chi connectivity index (χ4v) is 3.86. The lowest BCUT2D eigenvalue weighted by Gasteiger charge is -2.28. The molecule has 0 spiro atoms. The molecule has 34 heavy (non-hydrogen) atoms. The van der Waals surface area contributed by atoms with Crippen LogP contribution in [0.4, 0.5) is 11.6 Å². The SMILES string of the molecule is CCOc1ccccc1NC(=O)C1=C(C)Nc2nnnn2C1c1ccc(OC(C)C)c(OC)c1. The van der Waals surface area contributed by atoms with Crippen LogP contribution in [0.25, 0.3) is 0 Å². The molecule has 4 rings (SSSR count). The quantitative estimate of drug-likeness (QED) is 0.518. The molecule has 1 aliphatic heterocycles. The number of tetrazole rings is 1. The van der Waals surface area contributed by atoms with Gasteiger partial charge in [0.05, 0.1) is 31.1 Å². The van der Waals surface area contributed by atoms with Crippen LogP contribution in [0.1, 0.15) is 39.3 Å². The first-order valence-corrected chi connectivity index (χ1v) is 11.1. The number of para-hydroxylation sites is 2. The summed E-state index contributed by atoms with van der Waals surface area (Å²) >= 11 is 0. The van der Waals surface area contributed by atoms with E-state index >= 15 is 0 Å². The second-order valence-electron chi connectivity index (χ2n) is 7.97. The summed E-state index contributed by atoms with van der Waals surface area (Å²) in [7, 11) is 1.58. The maximum atomic E-state index is 13.6. The van der Waals surface area contributed by atoms with Crippen molar-refractivity contribution in [2.45, 2.75) is 39.8 Å². The van der Waals surface area contributed by atoms with Gasteiger partial charge in [0.2, 0.25) is 5.95 Å². The number of ether oxygens (including phenoxy) is 3. The lowest BCUT2D eigenvalue weighted by Crippen LogP contribution is -2.31. The van der Waals surface area contributed by atoms with Gasteiger partial charge >= 0.3 is 0 Å². The zero-order valence-corrected chi connectivity index (χ0v) is 19.8. The molecule has 178 valence electrons. The Balaban J connectivity index is 1.75. The fraction of sp³-hybridized carbons (Fsp3) is 0.333. The van der Waals surface area contributed by atoms with Gasteiger partial charge in [0.25, 0.3) is 5.91 Å². The van der Waals surface area contributed by atoms with Gasteiger partial charge in [0, 0.05) is 5.70 Å². The van der Waals surface area contributed by atoms with Crippen molar-refractivity contribution in [2.75, 3.05) is 24.4 Å². The van der Waals surface area contributed by atoms with Crippen molar-refractivity contribution in [3.8, 4) is 17.2 Å². The number of amides is 1. The molecule has 0 saturated carbocycles. The first-order chi connectivity index (χ1) is 16.4. The number of nitrogens with one attached hydrogen (secondary N) is 2. The number of hydrogen-bond donors (Lipinski definition) is 2. The number of nitrogens with zero attached hydrogens (tertiary/aromatic N) is 4. The Hall–Kier alpha value is -4.08. The number of carbonyl (C=O) groups is 1. The molecular weight excluding hydrogens is 436 g/mol. The number of methoxy groups -OCH3 is 1. The predicted molar refractivity (Wildman–Crippen MR) is 127 cm³/mol. The summed E-state index contributed by atoms with van der Waals surface area (Å²) in [6.45, 7) is 8.09. The van der Waals surface area contributed by atoms with Crippen LogP contribution in [0, 0.1) is 0 Å². The summed E-state index contributed by atoms with van der Waals surface area (Å²) in [5.41, 5.74) is 2.45. The van der Waals surface area contributed by atoms with Crippen molar-refractivity contribution in [3.63, 3.8) is 0 Å². The first kappa shape index (κ1) is 23.1. The monoisotopic (exact) mass is 464 g/mol. The number of rotatable bonds is 8. The summed E-state index contributed by atoms with van der Waals surface area (Å²) in [6.07, 6.45) is -0.0152. The fourth-order valence-electron chi connectivity index (χ4n) is 3.86. The third-order valence-electron chi connectivity index (χ3n) is 5.26. The highest BCUT2D eigenvalue weighted by Gasteiger charge is 2.35. The molecule has 0 fully saturated rings. The summed E-state index contributed by atoms with van der Waals surface area (Å²) < 4.78 is 18.7. The number of fused-ring (bicyclic) bond motifs is 1. The van der Waals surface area contributed by atoms with Crippen molar-refractivity contribution >= 4 is 17.5 Å². The summed E-state index contributed by atoms with van der Waals surface area (Å²) in [6, 6.07) is 12.3. The number of allylic oxidation sites excluding steroid dienone is 1. The standard InChI is InChI=1S/C24H28N6O4/c1-6-33-18-10-8-7-9-17(18)26-23(31)21-15(4)25-24-27-28-29-30(24)22(21)16-11-12-19(34-14(2)3)20(13-16)32-5/h7-14,22H,6H2,1-5H3,(H,26,31)(H,25,27,29). The van der Waals surface area contributed by atoms with E-state index in [2.05, 4.69) is 26.2 Å². The molecule has 0 aliphatic carbocycles. The zero-order valence-electron chi connectivity index (χ0n) is 19.8. The van der Waals surface area contributed by atoms with Crippen molar-refractivity contribution in [3.05, 3.63) is 59.3 Å². The van der Waals surface area contributed by atoms with Gasteiger partial charge in [-0.3, -0.25) is 4.79 Å². The molecule has 0 radical (unpaired) electrons. The van der Waals surface area contributed by atoms with Crippen molar-refractivity contribution < 1.29 is 19.0 Å². The molecule has 1 aromatic heterocycles. The van der Waals surface area contributed by atoms with Gasteiger partial charge in [0.1, 0.15) is 11.8 Å². The predicted octanol–water partition coefficient (Wildman–Crippen LogP) is 3.80. The van der Waals surface area contributed by atoms with Crippen LogP contribution in [0.15, 0.2) is 53.7 Å². The molecule has 2 N–H and O–H groups in total. The molecule has 3 aromatic rings. The maximum absolute atomic E-state index is 13.6. The maximum Gasteiger partial charge on any atom is 0.255 e. The number of carbonyl (C=O) groups excluding carboxylic acids is 1. The minimum Gasteiger partial charge on any atom is -0.493 e. The molecule has 10 heteroatoms. The highest BCUT2D eigenvalue weighted by atomic mass is 16.5. The van der Waals surface area contributed by atoms with E-state index in [1.54, 1.807) is 17.9 Å². The van der Waals surface area contributed by atoms with E-state index in [9.17, 15) is 4.79 Å². The van der Waals surface area contributed by atoms with Crippen LogP contribution in [0.2, 0.25) is 0 Å². The van der Waals surface area contributed by atoms with Crippen LogP contribution in [0.5, 0.6) is 17.2 Å². The van der Waals surface area contributed by atoms with E-state index in [1.807, 2.05) is 64.1 Å². The van der Waals surface area contributed by atoms with E-state index in [0.29, 0.717) is 46.8 Å². The van der Waals surface area contributed by atoms with Crippen LogP contribution < -0.4 is 24.8 Å². The average molecular weight is 465 g/mol. The van der Waals surface area contributed by atoms with E-state index in [4.69, 9.17) is 14.2 Å². The molecule has 1 aliphatic rings. The van der Waals surface area contributed by atoms with Crippen LogP contribution in [0.3, 0.4) is 0 Å². The molecule has 10 nitrogen and oxygen atoms in total. The molecular formula is C24H28N6O4. The second kappa shape index (κ2) is 9.82. The minimum absolute atomic E-state index is 0.0152. The molecule has 1 atom stereocenters. The van der Waals surface area contributed by atoms with Crippen molar-refractivity contribution in [2.24, 2.45) is 0 Å². The Morgan fingerprint density at radius 3 is 2.71 bits per heavy atom. The van der Waals surface area contributed by atoms with Crippen molar-refractivity contribution in [1.82, 2.24) is 20.2 Å². The highest BCUT2D eigenvalue weighted by Crippen LogP contribution is 2.39. The van der Waals surface area contributed by atoms with E-state index in [-0.39, 0.29) is 12.0 Å². The van der Waals surface area contributed by atoms with Crippen LogP contribution in [-0.4, -0.2) is 45.9 Å². The third kappa shape index (κ3) is 4.52. The molecule has 1 unspecified atom stereocenters. The summed E-state index contributed by atoms with van der Waals surface area (Å²) in [5.74, 6) is 1.90. The van der Waals surface area contributed by atoms with Gasteiger partial charge in [-0.15, -0.1) is 0 Å². The normalized spacial score (nSPS) is 14.9. The second-order valence-corrected chi connectivity index (χ2v) is 7.97. The van der Waals surface area contributed by atoms with Crippen LogP contribution in [-0.2, 0) is 4.79 Å². The van der Waals surface area contributed by atoms with E-state index in [0.717, 1.165) is 5.56 Å². The molecule has 1 amide bonds. The molecule has 0 bridgehead atoms. The minimum atomic E-state index is -0.590. The Labute approximate surface area is 197 Å². The van der Waals surface area contributed by atoms with Gasteiger partial charge in [-0.25, -0.2) is 0 Å². The number of benzene rings is 2. The Bertz CT molecular complexity index is 1220. The summed E-state index contributed by atoms with van der Waals surface area (Å²) in [5, 5.41) is 18.1. The molecule has 0 saturated heterocycles. The number of anilines is 2. The van der Waals surface area contributed by atoms with Gasteiger partial charge < -0.3 is 24.8 Å². The van der Waals surface area contributed by atoms with Gasteiger partial charge in [0.15, 0.2) is 11.5 Å². The Morgan fingerprint density at radius 2 is 1.97 bits per heavy atom. The van der Waals surface area contributed by atoms with Crippen LogP contribution >= 0.6 is 0 Å². The average Bonchev–Trinajstić information content (AvgIpc) is 3.27. The van der Waals surface area contributed by atoms with E-state index in [1.165, 1.54) is 0 Å². The van der Waals surface area contributed by atoms with Gasteiger partial charge in [-0.2, -0.15) is 4.68 Å². The summed E-state index contributed by atoms with van der Waals surface area (Å²) in [4.78, 5) is 13.6. The number of aromatic nitrogens is 4. The molecule has 2 heterocycles. The van der Waals surface area contributed by atoms with Gasteiger partial charge in [-0.05, 0) is 68.0 Å². The van der Waals surface area contributed by atoms with E-state index < -0.39 is 6.04 Å².